The van der Waals surface area contributed by atoms with Crippen LogP contribution in [-0.2, 0) is 11.3 Å². The number of hydrogen-bond acceptors (Lipinski definition) is 2. The van der Waals surface area contributed by atoms with Gasteiger partial charge >= 0.3 is 0 Å². The fourth-order valence-corrected chi connectivity index (χ4v) is 2.08. The SMILES string of the molecule is CCN(Cc1ccccc1)C(=O)/C=C/c1cccc(N)c1. The van der Waals surface area contributed by atoms with Gasteiger partial charge in [0.15, 0.2) is 0 Å². The van der Waals surface area contributed by atoms with Crippen molar-refractivity contribution in [1.29, 1.82) is 0 Å². The summed E-state index contributed by atoms with van der Waals surface area (Å²) in [5.74, 6) is 0.00350. The zero-order valence-corrected chi connectivity index (χ0v) is 12.2. The zero-order chi connectivity index (χ0) is 15.1. The molecule has 0 aliphatic rings. The molecule has 0 heterocycles. The topological polar surface area (TPSA) is 46.3 Å². The van der Waals surface area contributed by atoms with Crippen LogP contribution in [0.2, 0.25) is 0 Å². The number of amides is 1. The monoisotopic (exact) mass is 280 g/mol. The number of nitrogen functional groups attached to an aromatic ring is 1. The van der Waals surface area contributed by atoms with Gasteiger partial charge in [-0.3, -0.25) is 4.79 Å². The maximum atomic E-state index is 12.2. The lowest BCUT2D eigenvalue weighted by molar-refractivity contribution is -0.126. The van der Waals surface area contributed by atoms with Crippen LogP contribution < -0.4 is 5.73 Å². The van der Waals surface area contributed by atoms with Crippen LogP contribution in [0.5, 0.6) is 0 Å². The van der Waals surface area contributed by atoms with E-state index in [2.05, 4.69) is 0 Å². The Bertz CT molecular complexity index is 620. The van der Waals surface area contributed by atoms with Gasteiger partial charge in [-0.25, -0.2) is 0 Å². The van der Waals surface area contributed by atoms with Crippen molar-refractivity contribution in [2.24, 2.45) is 0 Å². The molecule has 0 saturated carbocycles. The first-order chi connectivity index (χ1) is 10.2. The first-order valence-electron chi connectivity index (χ1n) is 7.05. The molecule has 21 heavy (non-hydrogen) atoms. The molecule has 3 heteroatoms. The molecular weight excluding hydrogens is 260 g/mol. The third-order valence-corrected chi connectivity index (χ3v) is 3.24. The number of benzene rings is 2. The summed E-state index contributed by atoms with van der Waals surface area (Å²) < 4.78 is 0. The van der Waals surface area contributed by atoms with Crippen molar-refractivity contribution in [1.82, 2.24) is 4.90 Å². The summed E-state index contributed by atoms with van der Waals surface area (Å²) in [5, 5.41) is 0. The van der Waals surface area contributed by atoms with Gasteiger partial charge in [0.05, 0.1) is 0 Å². The first-order valence-corrected chi connectivity index (χ1v) is 7.05. The average molecular weight is 280 g/mol. The standard InChI is InChI=1S/C18H20N2O/c1-2-20(14-16-7-4-3-5-8-16)18(21)12-11-15-9-6-10-17(19)13-15/h3-13H,2,14,19H2,1H3/b12-11+. The van der Waals surface area contributed by atoms with Gasteiger partial charge in [-0.15, -0.1) is 0 Å². The fraction of sp³-hybridized carbons (Fsp3) is 0.167. The summed E-state index contributed by atoms with van der Waals surface area (Å²) in [6.45, 7) is 3.28. The summed E-state index contributed by atoms with van der Waals surface area (Å²) in [4.78, 5) is 14.0. The summed E-state index contributed by atoms with van der Waals surface area (Å²) in [6, 6.07) is 17.5. The third kappa shape index (κ3) is 4.49. The Labute approximate surface area is 125 Å². The van der Waals surface area contributed by atoms with Gasteiger partial charge in [-0.1, -0.05) is 42.5 Å². The van der Waals surface area contributed by atoms with Crippen molar-refractivity contribution in [3.63, 3.8) is 0 Å². The third-order valence-electron chi connectivity index (χ3n) is 3.24. The van der Waals surface area contributed by atoms with Crippen LogP contribution in [0, 0.1) is 0 Å². The minimum atomic E-state index is 0.00350. The zero-order valence-electron chi connectivity index (χ0n) is 12.2. The summed E-state index contributed by atoms with van der Waals surface area (Å²) in [7, 11) is 0. The molecule has 2 N–H and O–H groups in total. The molecule has 0 unspecified atom stereocenters. The predicted octanol–water partition coefficient (Wildman–Crippen LogP) is 3.33. The largest absolute Gasteiger partial charge is 0.399 e. The maximum absolute atomic E-state index is 12.2. The van der Waals surface area contributed by atoms with Gasteiger partial charge in [-0.05, 0) is 36.3 Å². The van der Waals surface area contributed by atoms with E-state index in [-0.39, 0.29) is 5.91 Å². The van der Waals surface area contributed by atoms with Gasteiger partial charge in [-0.2, -0.15) is 0 Å². The number of rotatable bonds is 5. The number of likely N-dealkylation sites (N-methyl/N-ethyl adjacent to an activating group) is 1. The van der Waals surface area contributed by atoms with Crippen molar-refractivity contribution in [2.75, 3.05) is 12.3 Å². The van der Waals surface area contributed by atoms with Gasteiger partial charge in [0.25, 0.3) is 0 Å². The lowest BCUT2D eigenvalue weighted by atomic mass is 10.2. The van der Waals surface area contributed by atoms with Crippen molar-refractivity contribution >= 4 is 17.7 Å². The molecule has 0 aliphatic heterocycles. The van der Waals surface area contributed by atoms with Crippen LogP contribution in [0.25, 0.3) is 6.08 Å². The molecule has 0 aromatic heterocycles. The minimum absolute atomic E-state index is 0.00350. The summed E-state index contributed by atoms with van der Waals surface area (Å²) in [5.41, 5.74) is 8.48. The summed E-state index contributed by atoms with van der Waals surface area (Å²) in [6.07, 6.45) is 3.40. The Morgan fingerprint density at radius 1 is 1.14 bits per heavy atom. The lowest BCUT2D eigenvalue weighted by Crippen LogP contribution is -2.28. The number of carbonyl (C=O) groups excluding carboxylic acids is 1. The van der Waals surface area contributed by atoms with Crippen molar-refractivity contribution < 1.29 is 4.79 Å². The molecule has 0 saturated heterocycles. The highest BCUT2D eigenvalue weighted by Crippen LogP contribution is 2.09. The van der Waals surface area contributed by atoms with E-state index in [0.29, 0.717) is 18.8 Å². The van der Waals surface area contributed by atoms with E-state index in [0.717, 1.165) is 11.1 Å². The molecule has 3 nitrogen and oxygen atoms in total. The molecule has 2 aromatic rings. The molecular formula is C18H20N2O. The second-order valence-electron chi connectivity index (χ2n) is 4.84. The predicted molar refractivity (Wildman–Crippen MR) is 87.4 cm³/mol. The van der Waals surface area contributed by atoms with E-state index < -0.39 is 0 Å². The molecule has 0 aliphatic carbocycles. The van der Waals surface area contributed by atoms with Crippen LogP contribution >= 0.6 is 0 Å². The van der Waals surface area contributed by atoms with Crippen LogP contribution in [0.4, 0.5) is 5.69 Å². The molecule has 108 valence electrons. The van der Waals surface area contributed by atoms with Crippen molar-refractivity contribution in [3.05, 3.63) is 71.8 Å². The van der Waals surface area contributed by atoms with Crippen LogP contribution in [-0.4, -0.2) is 17.4 Å². The highest BCUT2D eigenvalue weighted by atomic mass is 16.2. The number of nitrogens with zero attached hydrogens (tertiary/aromatic N) is 1. The fourth-order valence-electron chi connectivity index (χ4n) is 2.08. The van der Waals surface area contributed by atoms with Gasteiger partial charge in [0.2, 0.25) is 5.91 Å². The van der Waals surface area contributed by atoms with Crippen molar-refractivity contribution in [3.8, 4) is 0 Å². The van der Waals surface area contributed by atoms with E-state index in [9.17, 15) is 4.79 Å². The van der Waals surface area contributed by atoms with E-state index >= 15 is 0 Å². The highest BCUT2D eigenvalue weighted by molar-refractivity contribution is 5.91. The molecule has 0 bridgehead atoms. The number of anilines is 1. The Morgan fingerprint density at radius 3 is 2.57 bits per heavy atom. The lowest BCUT2D eigenvalue weighted by Gasteiger charge is -2.19. The smallest absolute Gasteiger partial charge is 0.246 e. The quantitative estimate of drug-likeness (QED) is 0.674. The Hall–Kier alpha value is -2.55. The molecule has 2 rings (SSSR count). The first kappa shape index (κ1) is 14.9. The molecule has 0 radical (unpaired) electrons. The second kappa shape index (κ2) is 7.29. The normalized spacial score (nSPS) is 10.7. The molecule has 1 amide bonds. The van der Waals surface area contributed by atoms with E-state index in [1.54, 1.807) is 17.1 Å². The van der Waals surface area contributed by atoms with Gasteiger partial charge < -0.3 is 10.6 Å². The number of hydrogen-bond donors (Lipinski definition) is 1. The molecule has 0 spiro atoms. The molecule has 0 atom stereocenters. The Kier molecular flexibility index (Phi) is 5.16. The number of nitrogens with two attached hydrogens (primary N) is 1. The number of carbonyl (C=O) groups is 1. The Morgan fingerprint density at radius 2 is 1.90 bits per heavy atom. The maximum Gasteiger partial charge on any atom is 0.246 e. The average Bonchev–Trinajstić information content (AvgIpc) is 2.51. The minimum Gasteiger partial charge on any atom is -0.399 e. The highest BCUT2D eigenvalue weighted by Gasteiger charge is 2.08. The van der Waals surface area contributed by atoms with Crippen LogP contribution in [0.1, 0.15) is 18.1 Å². The van der Waals surface area contributed by atoms with E-state index in [1.807, 2.05) is 61.5 Å². The second-order valence-corrected chi connectivity index (χ2v) is 4.84. The van der Waals surface area contributed by atoms with E-state index in [1.165, 1.54) is 0 Å². The van der Waals surface area contributed by atoms with Gasteiger partial charge in [0.1, 0.15) is 0 Å². The van der Waals surface area contributed by atoms with E-state index in [4.69, 9.17) is 5.73 Å². The molecule has 2 aromatic carbocycles. The summed E-state index contributed by atoms with van der Waals surface area (Å²) >= 11 is 0. The Balaban J connectivity index is 2.03. The molecule has 0 fully saturated rings. The van der Waals surface area contributed by atoms with Crippen LogP contribution in [0.15, 0.2) is 60.7 Å². The van der Waals surface area contributed by atoms with Crippen molar-refractivity contribution in [2.45, 2.75) is 13.5 Å². The van der Waals surface area contributed by atoms with Crippen LogP contribution in [0.3, 0.4) is 0 Å². The van der Waals surface area contributed by atoms with Gasteiger partial charge in [0, 0.05) is 24.9 Å².